The first kappa shape index (κ1) is 16.3. The summed E-state index contributed by atoms with van der Waals surface area (Å²) in [5, 5.41) is 1.74. The fourth-order valence-electron chi connectivity index (χ4n) is 1.14. The highest BCUT2D eigenvalue weighted by Crippen LogP contribution is 2.27. The zero-order chi connectivity index (χ0) is 15.5. The van der Waals surface area contributed by atoms with E-state index in [1.807, 2.05) is 5.32 Å². The van der Waals surface area contributed by atoms with Crippen molar-refractivity contribution < 1.29 is 31.9 Å². The van der Waals surface area contributed by atoms with Crippen molar-refractivity contribution in [3.63, 3.8) is 0 Å². The third-order valence-electron chi connectivity index (χ3n) is 2.12. The van der Waals surface area contributed by atoms with Crippen LogP contribution in [-0.2, 0) is 4.74 Å². The molecule has 0 aliphatic rings. The van der Waals surface area contributed by atoms with Gasteiger partial charge < -0.3 is 10.1 Å². The molecule has 0 aliphatic carbocycles. The summed E-state index contributed by atoms with van der Waals surface area (Å²) >= 11 is 0.613. The number of hydrogen-bond acceptors (Lipinski definition) is 6. The van der Waals surface area contributed by atoms with E-state index in [4.69, 9.17) is 0 Å². The summed E-state index contributed by atoms with van der Waals surface area (Å²) in [6.07, 6.45) is -3.83. The Morgan fingerprint density at radius 2 is 2.05 bits per heavy atom. The van der Waals surface area contributed by atoms with E-state index in [0.29, 0.717) is 11.3 Å². The van der Waals surface area contributed by atoms with Gasteiger partial charge in [-0.3, -0.25) is 4.79 Å². The molecule has 10 heteroatoms. The molecule has 0 saturated carbocycles. The second kappa shape index (κ2) is 6.16. The standard InChI is InChI=1S/C10H10F4N2O3S/c1-4(17)6-5(7(18)19-2)16-9(20-6)15-3-10(13,14)8(11)12/h8H,3H2,1-2H3,(H,15,16). The molecule has 0 atom stereocenters. The number of alkyl halides is 4. The first-order valence-corrected chi connectivity index (χ1v) is 6.00. The number of rotatable bonds is 6. The number of nitrogens with one attached hydrogen (secondary N) is 1. The largest absolute Gasteiger partial charge is 0.464 e. The van der Waals surface area contributed by atoms with Crippen molar-refractivity contribution in [2.24, 2.45) is 0 Å². The Balaban J connectivity index is 2.93. The first-order chi connectivity index (χ1) is 9.19. The van der Waals surface area contributed by atoms with E-state index in [9.17, 15) is 27.2 Å². The fraction of sp³-hybridized carbons (Fsp3) is 0.500. The number of ether oxygens (including phenoxy) is 1. The van der Waals surface area contributed by atoms with E-state index in [1.165, 1.54) is 0 Å². The molecule has 0 amide bonds. The zero-order valence-corrected chi connectivity index (χ0v) is 11.2. The number of anilines is 1. The monoisotopic (exact) mass is 314 g/mol. The van der Waals surface area contributed by atoms with Crippen molar-refractivity contribution in [1.29, 1.82) is 0 Å². The van der Waals surface area contributed by atoms with Crippen LogP contribution in [-0.4, -0.2) is 42.7 Å². The molecule has 1 rings (SSSR count). The van der Waals surface area contributed by atoms with Crippen LogP contribution in [0, 0.1) is 0 Å². The molecule has 112 valence electrons. The predicted molar refractivity (Wildman–Crippen MR) is 62.9 cm³/mol. The molecule has 0 saturated heterocycles. The van der Waals surface area contributed by atoms with Crippen LogP contribution >= 0.6 is 11.3 Å². The lowest BCUT2D eigenvalue weighted by Gasteiger charge is -2.14. The summed E-state index contributed by atoms with van der Waals surface area (Å²) < 4.78 is 53.8. The predicted octanol–water partition coefficient (Wildman–Crippen LogP) is 2.44. The summed E-state index contributed by atoms with van der Waals surface area (Å²) in [7, 11) is 1.06. The van der Waals surface area contributed by atoms with Crippen LogP contribution in [0.25, 0.3) is 0 Å². The van der Waals surface area contributed by atoms with Gasteiger partial charge in [0.2, 0.25) is 0 Å². The Morgan fingerprint density at radius 1 is 1.45 bits per heavy atom. The number of ketones is 1. The van der Waals surface area contributed by atoms with Crippen LogP contribution in [0.3, 0.4) is 0 Å². The molecule has 1 heterocycles. The van der Waals surface area contributed by atoms with Gasteiger partial charge >= 0.3 is 18.3 Å². The highest BCUT2D eigenvalue weighted by atomic mass is 32.1. The third kappa shape index (κ3) is 3.65. The minimum Gasteiger partial charge on any atom is -0.464 e. The summed E-state index contributed by atoms with van der Waals surface area (Å²) in [6, 6.07) is 0. The van der Waals surface area contributed by atoms with Gasteiger partial charge in [-0.2, -0.15) is 8.78 Å². The molecule has 0 spiro atoms. The molecule has 1 aromatic heterocycles. The van der Waals surface area contributed by atoms with Crippen LogP contribution in [0.5, 0.6) is 0 Å². The molecule has 5 nitrogen and oxygen atoms in total. The number of Topliss-reactive ketones (excluding diaryl/α,β-unsaturated/α-hetero) is 1. The molecule has 20 heavy (non-hydrogen) atoms. The molecular weight excluding hydrogens is 304 g/mol. The van der Waals surface area contributed by atoms with Crippen molar-refractivity contribution in [3.05, 3.63) is 10.6 Å². The lowest BCUT2D eigenvalue weighted by molar-refractivity contribution is -0.117. The van der Waals surface area contributed by atoms with Crippen LogP contribution in [0.2, 0.25) is 0 Å². The summed E-state index contributed by atoms with van der Waals surface area (Å²) in [5.74, 6) is -5.68. The van der Waals surface area contributed by atoms with Gasteiger partial charge in [-0.05, 0) is 0 Å². The summed E-state index contributed by atoms with van der Waals surface area (Å²) in [4.78, 5) is 26.1. The van der Waals surface area contributed by atoms with Crippen molar-refractivity contribution >= 4 is 28.2 Å². The van der Waals surface area contributed by atoms with Gasteiger partial charge in [-0.25, -0.2) is 18.6 Å². The number of aromatic nitrogens is 1. The number of thiazole rings is 1. The fourth-order valence-corrected chi connectivity index (χ4v) is 1.98. The van der Waals surface area contributed by atoms with Gasteiger partial charge in [0, 0.05) is 6.92 Å². The van der Waals surface area contributed by atoms with Crippen LogP contribution in [0.4, 0.5) is 22.7 Å². The molecule has 0 aliphatic heterocycles. The van der Waals surface area contributed by atoms with Gasteiger partial charge in [-0.15, -0.1) is 0 Å². The highest BCUT2D eigenvalue weighted by Gasteiger charge is 2.40. The first-order valence-electron chi connectivity index (χ1n) is 5.19. The van der Waals surface area contributed by atoms with E-state index in [0.717, 1.165) is 14.0 Å². The second-order valence-electron chi connectivity index (χ2n) is 3.66. The normalized spacial score (nSPS) is 11.6. The van der Waals surface area contributed by atoms with Crippen molar-refractivity contribution in [2.45, 2.75) is 19.3 Å². The lowest BCUT2D eigenvalue weighted by atomic mass is 10.3. The van der Waals surface area contributed by atoms with Crippen LogP contribution < -0.4 is 5.32 Å². The molecule has 1 N–H and O–H groups in total. The SMILES string of the molecule is COC(=O)c1nc(NCC(F)(F)C(F)F)sc1C(C)=O. The van der Waals surface area contributed by atoms with E-state index in [1.54, 1.807) is 0 Å². The molecule has 0 bridgehead atoms. The van der Waals surface area contributed by atoms with Gasteiger partial charge in [0.1, 0.15) is 4.88 Å². The minimum absolute atomic E-state index is 0.0975. The molecule has 0 unspecified atom stereocenters. The van der Waals surface area contributed by atoms with Crippen molar-refractivity contribution in [2.75, 3.05) is 19.0 Å². The third-order valence-corrected chi connectivity index (χ3v) is 3.23. The Kier molecular flexibility index (Phi) is 5.03. The number of halogens is 4. The van der Waals surface area contributed by atoms with E-state index in [-0.39, 0.29) is 15.7 Å². The molecule has 0 fully saturated rings. The number of hydrogen-bond donors (Lipinski definition) is 1. The van der Waals surface area contributed by atoms with E-state index >= 15 is 0 Å². The smallest absolute Gasteiger partial charge is 0.358 e. The molecule has 1 aromatic rings. The zero-order valence-electron chi connectivity index (χ0n) is 10.4. The van der Waals surface area contributed by atoms with E-state index in [2.05, 4.69) is 9.72 Å². The Bertz CT molecular complexity index is 519. The quantitative estimate of drug-likeness (QED) is 0.496. The number of carbonyl (C=O) groups excluding carboxylic acids is 2. The van der Waals surface area contributed by atoms with Gasteiger partial charge in [-0.1, -0.05) is 11.3 Å². The van der Waals surface area contributed by atoms with E-state index < -0.39 is 30.6 Å². The molecular formula is C10H10F4N2O3S. The minimum atomic E-state index is -4.24. The lowest BCUT2D eigenvalue weighted by Crippen LogP contribution is -2.34. The maximum atomic E-state index is 12.7. The highest BCUT2D eigenvalue weighted by molar-refractivity contribution is 7.17. The average molecular weight is 314 g/mol. The number of esters is 1. The second-order valence-corrected chi connectivity index (χ2v) is 4.66. The van der Waals surface area contributed by atoms with Gasteiger partial charge in [0.25, 0.3) is 0 Å². The number of carbonyl (C=O) groups is 2. The Morgan fingerprint density at radius 3 is 2.50 bits per heavy atom. The number of methoxy groups -OCH3 is 1. The van der Waals surface area contributed by atoms with Crippen LogP contribution in [0.1, 0.15) is 27.1 Å². The van der Waals surface area contributed by atoms with Crippen LogP contribution in [0.15, 0.2) is 0 Å². The topological polar surface area (TPSA) is 68.3 Å². The maximum Gasteiger partial charge on any atom is 0.358 e. The number of nitrogens with zero attached hydrogens (tertiary/aromatic N) is 1. The Labute approximate surface area is 114 Å². The van der Waals surface area contributed by atoms with Gasteiger partial charge in [0.15, 0.2) is 16.6 Å². The summed E-state index contributed by atoms with van der Waals surface area (Å²) in [5.41, 5.74) is -0.340. The average Bonchev–Trinajstić information content (AvgIpc) is 2.79. The van der Waals surface area contributed by atoms with Crippen molar-refractivity contribution in [3.8, 4) is 0 Å². The molecule has 0 radical (unpaired) electrons. The maximum absolute atomic E-state index is 12.7. The molecule has 0 aromatic carbocycles. The van der Waals surface area contributed by atoms with Crippen molar-refractivity contribution in [1.82, 2.24) is 4.98 Å². The van der Waals surface area contributed by atoms with Gasteiger partial charge in [0.05, 0.1) is 13.7 Å². The Hall–Kier alpha value is -1.71. The summed E-state index contributed by atoms with van der Waals surface area (Å²) in [6.45, 7) is -0.215.